The number of rotatable bonds is 8. The molecule has 1 aliphatic carbocycles. The van der Waals surface area contributed by atoms with E-state index >= 15 is 0 Å². The smallest absolute Gasteiger partial charge is 0.0126 e. The molecule has 0 nitrogen and oxygen atoms in total. The van der Waals surface area contributed by atoms with Gasteiger partial charge in [0.2, 0.25) is 0 Å². The molecule has 0 radical (unpaired) electrons. The van der Waals surface area contributed by atoms with E-state index in [9.17, 15) is 0 Å². The Hall–Kier alpha value is -2.44. The van der Waals surface area contributed by atoms with Crippen LogP contribution in [0.2, 0.25) is 0 Å². The second-order valence-electron chi connectivity index (χ2n) is 17.2. The molecule has 54 heavy (non-hydrogen) atoms. The molecule has 0 saturated carbocycles. The van der Waals surface area contributed by atoms with Gasteiger partial charge in [0, 0.05) is 0 Å². The van der Waals surface area contributed by atoms with Gasteiger partial charge in [-0.1, -0.05) is 129 Å². The Balaban J connectivity index is 0.000000498. The fourth-order valence-corrected chi connectivity index (χ4v) is 8.22. The molecule has 0 bridgehead atoms. The molecule has 0 saturated heterocycles. The molecule has 5 aromatic carbocycles. The van der Waals surface area contributed by atoms with E-state index in [0.29, 0.717) is 0 Å². The monoisotopic (exact) mass is 836 g/mol. The van der Waals surface area contributed by atoms with E-state index < -0.39 is 0 Å². The van der Waals surface area contributed by atoms with Crippen molar-refractivity contribution in [3.63, 3.8) is 0 Å². The standard InChI is InChI=1S/C37H41.C9H18.C5H5.2ClH.Zr/c1-22-11-23(2)14-26(13-22)32-18-28-17-29-19-33(27-15-24(3)12-25(4)16-27)35(37(8,9)10)21-31(29)30(28)20-34(32)36(5,6)7;1-3-5-7-9-8-6-4-2;1-2-4-5-3-1;;;/h11-16,18,20-21H,17H2,1-10H3;3-8H2,1-2H3;1-5H;2*1H;/q-1;;-1;;;+2/p-2. The van der Waals surface area contributed by atoms with Gasteiger partial charge < -0.3 is 24.8 Å². The van der Waals surface area contributed by atoms with Gasteiger partial charge in [-0.05, 0) is 67.2 Å². The zero-order valence-corrected chi connectivity index (χ0v) is 39.3. The van der Waals surface area contributed by atoms with Gasteiger partial charge in [0.15, 0.2) is 0 Å². The first-order chi connectivity index (χ1) is 24.5. The zero-order valence-electron chi connectivity index (χ0n) is 35.3. The van der Waals surface area contributed by atoms with Crippen molar-refractivity contribution in [1.29, 1.82) is 0 Å². The molecule has 0 aromatic heterocycles. The van der Waals surface area contributed by atoms with Crippen molar-refractivity contribution in [3.05, 3.63) is 136 Å². The summed E-state index contributed by atoms with van der Waals surface area (Å²) in [5.74, 6) is 0. The van der Waals surface area contributed by atoms with Gasteiger partial charge in [-0.15, -0.1) is 28.8 Å². The molecule has 288 valence electrons. The van der Waals surface area contributed by atoms with Crippen LogP contribution >= 0.6 is 0 Å². The first kappa shape index (κ1) is 47.7. The molecule has 0 spiro atoms. The van der Waals surface area contributed by atoms with Crippen molar-refractivity contribution in [2.24, 2.45) is 0 Å². The summed E-state index contributed by atoms with van der Waals surface area (Å²) in [5, 5.41) is 0. The van der Waals surface area contributed by atoms with Crippen molar-refractivity contribution >= 4 is 3.21 Å². The summed E-state index contributed by atoms with van der Waals surface area (Å²) in [6.07, 6.45) is 9.25. The van der Waals surface area contributed by atoms with E-state index in [1.807, 2.05) is 30.3 Å². The molecule has 6 rings (SSSR count). The Morgan fingerprint density at radius 1 is 0.611 bits per heavy atom. The van der Waals surface area contributed by atoms with E-state index in [1.165, 1.54) is 116 Å². The minimum atomic E-state index is 0. The number of benzene rings is 4. The van der Waals surface area contributed by atoms with Crippen LogP contribution in [0.1, 0.15) is 138 Å². The molecular weight excluding hydrogens is 775 g/mol. The fraction of sp³-hybridized carbons (Fsp3) is 0.412. The van der Waals surface area contributed by atoms with E-state index in [1.54, 1.807) is 27.4 Å². The number of fused-ring (bicyclic) bond motifs is 3. The summed E-state index contributed by atoms with van der Waals surface area (Å²) in [7, 11) is 0. The first-order valence-electron chi connectivity index (χ1n) is 19.7. The van der Waals surface area contributed by atoms with Gasteiger partial charge in [0.05, 0.1) is 0 Å². The Morgan fingerprint density at radius 3 is 1.50 bits per heavy atom. The average Bonchev–Trinajstić information content (AvgIpc) is 3.75. The predicted molar refractivity (Wildman–Crippen MR) is 227 cm³/mol. The van der Waals surface area contributed by atoms with Crippen LogP contribution in [0.3, 0.4) is 0 Å². The Morgan fingerprint density at radius 2 is 1.07 bits per heavy atom. The van der Waals surface area contributed by atoms with E-state index in [0.717, 1.165) is 6.42 Å². The third-order valence-electron chi connectivity index (χ3n) is 9.94. The van der Waals surface area contributed by atoms with Gasteiger partial charge in [0.1, 0.15) is 0 Å². The summed E-state index contributed by atoms with van der Waals surface area (Å²) >= 11 is 1.67. The summed E-state index contributed by atoms with van der Waals surface area (Å²) in [4.78, 5) is 0. The van der Waals surface area contributed by atoms with Gasteiger partial charge in [-0.2, -0.15) is 18.2 Å². The van der Waals surface area contributed by atoms with Crippen LogP contribution < -0.4 is 24.8 Å². The molecule has 3 heteroatoms. The minimum Gasteiger partial charge on any atom is -1.00 e. The molecule has 0 heterocycles. The second-order valence-corrected chi connectivity index (χ2v) is 18.9. The second kappa shape index (κ2) is 21.2. The number of halogens is 2. The van der Waals surface area contributed by atoms with Gasteiger partial charge in [-0.3, -0.25) is 0 Å². The zero-order chi connectivity index (χ0) is 38.2. The van der Waals surface area contributed by atoms with Crippen molar-refractivity contribution in [2.75, 3.05) is 0 Å². The predicted octanol–water partition coefficient (Wildman–Crippen LogP) is 8.72. The van der Waals surface area contributed by atoms with E-state index in [2.05, 4.69) is 144 Å². The summed E-state index contributed by atoms with van der Waals surface area (Å²) in [6, 6.07) is 35.2. The fourth-order valence-electron chi connectivity index (χ4n) is 7.35. The molecule has 0 unspecified atom stereocenters. The normalized spacial score (nSPS) is 11.5. The maximum atomic E-state index is 3.95. The van der Waals surface area contributed by atoms with Crippen LogP contribution in [0.15, 0.2) is 84.9 Å². The maximum Gasteiger partial charge on any atom is -0.0126 e. The van der Waals surface area contributed by atoms with Gasteiger partial charge >= 0.3 is 79.8 Å². The Bertz CT molecular complexity index is 1760. The van der Waals surface area contributed by atoms with Crippen LogP contribution in [0.25, 0.3) is 33.4 Å². The van der Waals surface area contributed by atoms with Crippen molar-refractivity contribution in [2.45, 2.75) is 139 Å². The van der Waals surface area contributed by atoms with Crippen LogP contribution in [0, 0.1) is 33.8 Å². The molecule has 0 amide bonds. The van der Waals surface area contributed by atoms with E-state index in [-0.39, 0.29) is 35.6 Å². The molecule has 0 atom stereocenters. The summed E-state index contributed by atoms with van der Waals surface area (Å²) in [6.45, 7) is 27.3. The molecule has 1 aliphatic rings. The molecule has 0 fully saturated rings. The van der Waals surface area contributed by atoms with Crippen LogP contribution in [0.5, 0.6) is 0 Å². The largest absolute Gasteiger partial charge is 1.00 e. The maximum absolute atomic E-state index is 3.95. The third kappa shape index (κ3) is 13.1. The van der Waals surface area contributed by atoms with Gasteiger partial charge in [0.25, 0.3) is 0 Å². The Labute approximate surface area is 357 Å². The van der Waals surface area contributed by atoms with Crippen LogP contribution in [-0.2, 0) is 41.5 Å². The van der Waals surface area contributed by atoms with Crippen LogP contribution in [-0.4, -0.2) is 3.21 Å². The molecule has 0 N–H and O–H groups in total. The van der Waals surface area contributed by atoms with Crippen molar-refractivity contribution < 1.29 is 49.0 Å². The van der Waals surface area contributed by atoms with Gasteiger partial charge in [-0.25, -0.2) is 12.1 Å². The number of hydrogen-bond acceptors (Lipinski definition) is 0. The minimum absolute atomic E-state index is 0. The summed E-state index contributed by atoms with van der Waals surface area (Å²) < 4.78 is 1.79. The number of aryl methyl sites for hydroxylation is 4. The van der Waals surface area contributed by atoms with Crippen LogP contribution in [0.4, 0.5) is 0 Å². The Kier molecular flexibility index (Phi) is 18.7. The topological polar surface area (TPSA) is 0 Å². The average molecular weight is 839 g/mol. The SMILES string of the molecule is CCCC[C](=[Zr+2])CCCC.Cc1cc(C)cc(-c2[c-]c3c(cc2C(C)(C)C)-c2cc(C(C)(C)C)c(-c4cc(C)cc(C)c4)cc2C3)c1.[Cl-].[Cl-].c1cc[cH-]c1. The third-order valence-corrected chi connectivity index (χ3v) is 11.2. The first-order valence-corrected chi connectivity index (χ1v) is 20.9. The summed E-state index contributed by atoms with van der Waals surface area (Å²) in [5.41, 5.74) is 18.9. The number of unbranched alkanes of at least 4 members (excludes halogenated alkanes) is 2. The van der Waals surface area contributed by atoms with Crippen molar-refractivity contribution in [1.82, 2.24) is 0 Å². The molecular formula is C51H64Cl2Zr-2. The van der Waals surface area contributed by atoms with Crippen molar-refractivity contribution in [3.8, 4) is 33.4 Å². The quantitative estimate of drug-likeness (QED) is 0.135. The van der Waals surface area contributed by atoms with E-state index in [4.69, 9.17) is 0 Å². The number of hydrogen-bond donors (Lipinski definition) is 0. The molecule has 0 aliphatic heterocycles. The molecule has 5 aromatic rings.